The number of ether oxygens (including phenoxy) is 1. The van der Waals surface area contributed by atoms with Crippen LogP contribution in [0.4, 0.5) is 5.69 Å². The maximum absolute atomic E-state index is 5.63. The van der Waals surface area contributed by atoms with Crippen LogP contribution >= 0.6 is 27.9 Å². The number of piperazine rings is 1. The lowest BCUT2D eigenvalue weighted by atomic mass is 9.82. The summed E-state index contributed by atoms with van der Waals surface area (Å²) in [5.74, 6) is 0.938. The van der Waals surface area contributed by atoms with Gasteiger partial charge in [-0.1, -0.05) is 54.0 Å². The molecule has 0 amide bonds. The second-order valence-electron chi connectivity index (χ2n) is 8.55. The average Bonchev–Trinajstić information content (AvgIpc) is 2.79. The summed E-state index contributed by atoms with van der Waals surface area (Å²) in [5.41, 5.74) is 2.52. The van der Waals surface area contributed by atoms with Crippen LogP contribution in [0.1, 0.15) is 19.4 Å². The largest absolute Gasteiger partial charge is 0.495 e. The van der Waals surface area contributed by atoms with Gasteiger partial charge in [-0.25, -0.2) is 0 Å². The van der Waals surface area contributed by atoms with E-state index < -0.39 is 0 Å². The fraction of sp³-hybridized carbons (Fsp3) is 0.360. The van der Waals surface area contributed by atoms with Crippen LogP contribution in [0.5, 0.6) is 5.75 Å². The van der Waals surface area contributed by atoms with Crippen molar-refractivity contribution in [3.05, 3.63) is 64.6 Å². The standard InChI is InChI=1S/C25H30BrN3OS/c1-25(2,22-6-4-5-18-7-8-19(26)15-21(18)22)17-28-31-20-9-10-24(30-3)23(16-20)29-13-11-27-12-14-29/h4-10,15-16,27-28H,11-14,17H2,1-3H3. The summed E-state index contributed by atoms with van der Waals surface area (Å²) in [7, 11) is 1.75. The number of hydrogen-bond donors (Lipinski definition) is 2. The Bertz CT molecular complexity index is 1050. The van der Waals surface area contributed by atoms with Crippen molar-refractivity contribution in [2.24, 2.45) is 0 Å². The topological polar surface area (TPSA) is 36.5 Å². The molecule has 1 saturated heterocycles. The van der Waals surface area contributed by atoms with E-state index in [1.54, 1.807) is 19.1 Å². The van der Waals surface area contributed by atoms with Crippen molar-refractivity contribution < 1.29 is 4.74 Å². The molecular weight excluding hydrogens is 470 g/mol. The molecule has 1 heterocycles. The van der Waals surface area contributed by atoms with E-state index in [9.17, 15) is 0 Å². The zero-order valence-electron chi connectivity index (χ0n) is 18.4. The van der Waals surface area contributed by atoms with Crippen molar-refractivity contribution in [1.29, 1.82) is 0 Å². The molecule has 31 heavy (non-hydrogen) atoms. The molecule has 0 atom stereocenters. The van der Waals surface area contributed by atoms with Gasteiger partial charge in [-0.15, -0.1) is 0 Å². The maximum atomic E-state index is 5.63. The molecule has 6 heteroatoms. The van der Waals surface area contributed by atoms with Gasteiger partial charge in [0.2, 0.25) is 0 Å². The number of rotatable bonds is 7. The Kier molecular flexibility index (Phi) is 7.12. The minimum atomic E-state index is -0.0128. The molecule has 0 bridgehead atoms. The molecule has 0 spiro atoms. The Morgan fingerprint density at radius 3 is 2.68 bits per heavy atom. The Balaban J connectivity index is 1.48. The van der Waals surface area contributed by atoms with Gasteiger partial charge in [-0.3, -0.25) is 4.72 Å². The second-order valence-corrected chi connectivity index (χ2v) is 10.4. The highest BCUT2D eigenvalue weighted by atomic mass is 79.9. The fourth-order valence-corrected chi connectivity index (χ4v) is 5.38. The molecule has 3 aromatic rings. The van der Waals surface area contributed by atoms with Gasteiger partial charge in [-0.2, -0.15) is 0 Å². The van der Waals surface area contributed by atoms with Crippen molar-refractivity contribution >= 4 is 44.3 Å². The quantitative estimate of drug-likeness (QED) is 0.414. The summed E-state index contributed by atoms with van der Waals surface area (Å²) in [6, 6.07) is 19.5. The number of fused-ring (bicyclic) bond motifs is 1. The summed E-state index contributed by atoms with van der Waals surface area (Å²) in [6.45, 7) is 9.48. The van der Waals surface area contributed by atoms with Crippen LogP contribution in [0.15, 0.2) is 64.0 Å². The van der Waals surface area contributed by atoms with E-state index in [4.69, 9.17) is 4.74 Å². The summed E-state index contributed by atoms with van der Waals surface area (Å²) in [6.07, 6.45) is 0. The van der Waals surface area contributed by atoms with E-state index >= 15 is 0 Å². The van der Waals surface area contributed by atoms with Crippen LogP contribution < -0.4 is 19.7 Å². The highest BCUT2D eigenvalue weighted by molar-refractivity contribution is 9.10. The average molecular weight is 501 g/mol. The van der Waals surface area contributed by atoms with Crippen LogP contribution in [0.3, 0.4) is 0 Å². The van der Waals surface area contributed by atoms with Crippen molar-refractivity contribution in [2.75, 3.05) is 44.7 Å². The summed E-state index contributed by atoms with van der Waals surface area (Å²) in [5, 5.41) is 6.00. The molecular formula is C25H30BrN3OS. The highest BCUT2D eigenvalue weighted by Gasteiger charge is 2.23. The molecule has 0 aliphatic carbocycles. The van der Waals surface area contributed by atoms with Crippen molar-refractivity contribution in [3.63, 3.8) is 0 Å². The molecule has 0 aromatic heterocycles. The normalized spacial score (nSPS) is 14.8. The number of benzene rings is 3. The lowest BCUT2D eigenvalue weighted by Crippen LogP contribution is -2.43. The van der Waals surface area contributed by atoms with Crippen LogP contribution in [-0.2, 0) is 5.41 Å². The maximum Gasteiger partial charge on any atom is 0.142 e. The van der Waals surface area contributed by atoms with E-state index in [0.29, 0.717) is 0 Å². The van der Waals surface area contributed by atoms with Crippen LogP contribution in [0.2, 0.25) is 0 Å². The Morgan fingerprint density at radius 2 is 1.90 bits per heavy atom. The van der Waals surface area contributed by atoms with E-state index in [-0.39, 0.29) is 5.41 Å². The van der Waals surface area contributed by atoms with E-state index in [1.807, 2.05) is 0 Å². The first kappa shape index (κ1) is 22.5. The Labute approximate surface area is 198 Å². The molecule has 3 aromatic carbocycles. The number of anilines is 1. The Hall–Kier alpha value is -1.73. The van der Waals surface area contributed by atoms with E-state index in [0.717, 1.165) is 42.9 Å². The van der Waals surface area contributed by atoms with Gasteiger partial charge >= 0.3 is 0 Å². The lowest BCUT2D eigenvalue weighted by molar-refractivity contribution is 0.412. The van der Waals surface area contributed by atoms with Crippen LogP contribution in [0, 0.1) is 0 Å². The monoisotopic (exact) mass is 499 g/mol. The van der Waals surface area contributed by atoms with Gasteiger partial charge in [-0.05, 0) is 58.6 Å². The SMILES string of the molecule is COc1ccc(SNCC(C)(C)c2cccc3ccc(Br)cc23)cc1N1CCNCC1. The smallest absolute Gasteiger partial charge is 0.142 e. The van der Waals surface area contributed by atoms with E-state index in [1.165, 1.54) is 26.9 Å². The third kappa shape index (κ3) is 5.20. The summed E-state index contributed by atoms with van der Waals surface area (Å²) >= 11 is 5.32. The molecule has 4 nitrogen and oxygen atoms in total. The van der Waals surface area contributed by atoms with Gasteiger partial charge in [0.25, 0.3) is 0 Å². The summed E-state index contributed by atoms with van der Waals surface area (Å²) < 4.78 is 10.4. The molecule has 0 radical (unpaired) electrons. The molecule has 164 valence electrons. The Morgan fingerprint density at radius 1 is 1.10 bits per heavy atom. The first-order valence-corrected chi connectivity index (χ1v) is 12.3. The van der Waals surface area contributed by atoms with Gasteiger partial charge in [0.1, 0.15) is 5.75 Å². The predicted molar refractivity (Wildman–Crippen MR) is 137 cm³/mol. The highest BCUT2D eigenvalue weighted by Crippen LogP contribution is 2.34. The van der Waals surface area contributed by atoms with Crippen molar-refractivity contribution in [2.45, 2.75) is 24.2 Å². The van der Waals surface area contributed by atoms with E-state index in [2.05, 4.69) is 99.3 Å². The molecule has 2 N–H and O–H groups in total. The van der Waals surface area contributed by atoms with Crippen LogP contribution in [0.25, 0.3) is 10.8 Å². The first-order chi connectivity index (χ1) is 15.0. The second kappa shape index (κ2) is 9.82. The number of nitrogens with zero attached hydrogens (tertiary/aromatic N) is 1. The first-order valence-electron chi connectivity index (χ1n) is 10.7. The van der Waals surface area contributed by atoms with Gasteiger partial charge in [0, 0.05) is 47.5 Å². The number of nitrogens with one attached hydrogen (secondary N) is 2. The van der Waals surface area contributed by atoms with Gasteiger partial charge in [0.15, 0.2) is 0 Å². The minimum absolute atomic E-state index is 0.0128. The van der Waals surface area contributed by atoms with Crippen molar-refractivity contribution in [3.8, 4) is 5.75 Å². The van der Waals surface area contributed by atoms with Crippen molar-refractivity contribution in [1.82, 2.24) is 10.0 Å². The molecule has 0 saturated carbocycles. The molecule has 1 aliphatic heterocycles. The molecule has 0 unspecified atom stereocenters. The number of methoxy groups -OCH3 is 1. The number of halogens is 1. The van der Waals surface area contributed by atoms with Crippen LogP contribution in [-0.4, -0.2) is 39.8 Å². The molecule has 4 rings (SSSR count). The third-order valence-electron chi connectivity index (χ3n) is 5.89. The van der Waals surface area contributed by atoms with Gasteiger partial charge < -0.3 is 15.0 Å². The van der Waals surface area contributed by atoms with Gasteiger partial charge in [0.05, 0.1) is 12.8 Å². The molecule has 1 aliphatic rings. The zero-order chi connectivity index (χ0) is 21.8. The number of hydrogen-bond acceptors (Lipinski definition) is 5. The predicted octanol–water partition coefficient (Wildman–Crippen LogP) is 5.60. The third-order valence-corrected chi connectivity index (χ3v) is 7.16. The molecule has 1 fully saturated rings. The zero-order valence-corrected chi connectivity index (χ0v) is 20.8. The minimum Gasteiger partial charge on any atom is -0.495 e. The summed E-state index contributed by atoms with van der Waals surface area (Å²) in [4.78, 5) is 3.60. The lowest BCUT2D eigenvalue weighted by Gasteiger charge is -2.31. The fourth-order valence-electron chi connectivity index (χ4n) is 4.12.